The maximum atomic E-state index is 5.57. The first-order chi connectivity index (χ1) is 7.43. The number of hydrogen-bond donors (Lipinski definition) is 1. The Balaban J connectivity index is 1.79. The number of fused-ring (bicyclic) bond motifs is 1. The van der Waals surface area contributed by atoms with E-state index >= 15 is 0 Å². The summed E-state index contributed by atoms with van der Waals surface area (Å²) >= 11 is 0. The van der Waals surface area contributed by atoms with Gasteiger partial charge in [-0.1, -0.05) is 24.3 Å². The molecule has 0 radical (unpaired) electrons. The quantitative estimate of drug-likeness (QED) is 0.788. The fraction of sp³-hybridized carbons (Fsp3) is 0.500. The van der Waals surface area contributed by atoms with Gasteiger partial charge in [-0.15, -0.1) is 0 Å². The highest BCUT2D eigenvalue weighted by Crippen LogP contribution is 2.25. The third-order valence-corrected chi connectivity index (χ3v) is 3.05. The molecule has 1 fully saturated rings. The second kappa shape index (κ2) is 3.93. The third-order valence-electron chi connectivity index (χ3n) is 3.05. The Morgan fingerprint density at radius 2 is 1.93 bits per heavy atom. The Labute approximate surface area is 89.4 Å². The maximum Gasteiger partial charge on any atom is 0.0721 e. The third kappa shape index (κ3) is 1.78. The molecule has 1 atom stereocenters. The van der Waals surface area contributed by atoms with Gasteiger partial charge in [-0.05, 0) is 11.1 Å². The van der Waals surface area contributed by atoms with Gasteiger partial charge in [0.05, 0.1) is 38.5 Å². The average Bonchev–Trinajstić information content (AvgIpc) is 2.23. The lowest BCUT2D eigenvalue weighted by Gasteiger charge is -2.34. The van der Waals surface area contributed by atoms with Crippen LogP contribution < -0.4 is 5.32 Å². The molecule has 1 unspecified atom stereocenters. The van der Waals surface area contributed by atoms with E-state index in [1.165, 1.54) is 11.1 Å². The van der Waals surface area contributed by atoms with Gasteiger partial charge in [0.25, 0.3) is 0 Å². The summed E-state index contributed by atoms with van der Waals surface area (Å²) in [6.07, 6.45) is 0. The lowest BCUT2D eigenvalue weighted by atomic mass is 9.98. The van der Waals surface area contributed by atoms with Crippen molar-refractivity contribution in [3.05, 3.63) is 35.4 Å². The molecule has 1 saturated heterocycles. The maximum absolute atomic E-state index is 5.57. The first-order valence-corrected chi connectivity index (χ1v) is 5.43. The molecule has 2 aliphatic heterocycles. The van der Waals surface area contributed by atoms with E-state index in [-0.39, 0.29) is 0 Å². The SMILES string of the molecule is c1ccc2c(c1)COCC2NC1COC1. The van der Waals surface area contributed by atoms with Crippen molar-refractivity contribution in [2.75, 3.05) is 19.8 Å². The first kappa shape index (κ1) is 9.33. The van der Waals surface area contributed by atoms with E-state index in [4.69, 9.17) is 9.47 Å². The molecule has 1 aromatic rings. The molecule has 3 nitrogen and oxygen atoms in total. The Morgan fingerprint density at radius 1 is 1.07 bits per heavy atom. The minimum atomic E-state index is 0.337. The lowest BCUT2D eigenvalue weighted by molar-refractivity contribution is -0.0202. The van der Waals surface area contributed by atoms with E-state index in [9.17, 15) is 0 Å². The zero-order valence-electron chi connectivity index (χ0n) is 8.61. The van der Waals surface area contributed by atoms with Crippen LogP contribution in [0.4, 0.5) is 0 Å². The van der Waals surface area contributed by atoms with Crippen molar-refractivity contribution < 1.29 is 9.47 Å². The van der Waals surface area contributed by atoms with Gasteiger partial charge < -0.3 is 14.8 Å². The number of rotatable bonds is 2. The van der Waals surface area contributed by atoms with Crippen LogP contribution in [0.2, 0.25) is 0 Å². The Hall–Kier alpha value is -0.900. The molecule has 2 aliphatic rings. The molecular weight excluding hydrogens is 190 g/mol. The molecule has 0 amide bonds. The van der Waals surface area contributed by atoms with Gasteiger partial charge in [0.15, 0.2) is 0 Å². The van der Waals surface area contributed by atoms with Gasteiger partial charge >= 0.3 is 0 Å². The smallest absolute Gasteiger partial charge is 0.0721 e. The highest BCUT2D eigenvalue weighted by Gasteiger charge is 2.26. The van der Waals surface area contributed by atoms with Gasteiger partial charge in [-0.25, -0.2) is 0 Å². The summed E-state index contributed by atoms with van der Waals surface area (Å²) in [5.74, 6) is 0. The Kier molecular flexibility index (Phi) is 2.44. The van der Waals surface area contributed by atoms with Crippen LogP contribution >= 0.6 is 0 Å². The van der Waals surface area contributed by atoms with Crippen LogP contribution in [-0.2, 0) is 16.1 Å². The van der Waals surface area contributed by atoms with Gasteiger partial charge in [0.2, 0.25) is 0 Å². The predicted molar refractivity (Wildman–Crippen MR) is 56.6 cm³/mol. The minimum absolute atomic E-state index is 0.337. The summed E-state index contributed by atoms with van der Waals surface area (Å²) < 4.78 is 10.7. The van der Waals surface area contributed by atoms with Crippen molar-refractivity contribution >= 4 is 0 Å². The van der Waals surface area contributed by atoms with Crippen molar-refractivity contribution in [1.29, 1.82) is 0 Å². The molecule has 0 bridgehead atoms. The predicted octanol–water partition coefficient (Wildman–Crippen LogP) is 1.25. The van der Waals surface area contributed by atoms with Gasteiger partial charge in [0, 0.05) is 0 Å². The van der Waals surface area contributed by atoms with Crippen molar-refractivity contribution in [2.24, 2.45) is 0 Å². The number of benzene rings is 1. The van der Waals surface area contributed by atoms with E-state index in [0.29, 0.717) is 12.1 Å². The van der Waals surface area contributed by atoms with E-state index in [0.717, 1.165) is 26.4 Å². The molecule has 0 aliphatic carbocycles. The highest BCUT2D eigenvalue weighted by atomic mass is 16.5. The fourth-order valence-electron chi connectivity index (χ4n) is 2.14. The molecule has 3 rings (SSSR count). The van der Waals surface area contributed by atoms with E-state index in [2.05, 4.69) is 29.6 Å². The van der Waals surface area contributed by atoms with Gasteiger partial charge in [0.1, 0.15) is 0 Å². The van der Waals surface area contributed by atoms with E-state index in [1.807, 2.05) is 0 Å². The summed E-state index contributed by atoms with van der Waals surface area (Å²) in [5.41, 5.74) is 2.69. The van der Waals surface area contributed by atoms with Crippen LogP contribution in [0.1, 0.15) is 17.2 Å². The molecule has 0 spiro atoms. The summed E-state index contributed by atoms with van der Waals surface area (Å²) in [6, 6.07) is 9.33. The van der Waals surface area contributed by atoms with Crippen LogP contribution in [0.15, 0.2) is 24.3 Å². The van der Waals surface area contributed by atoms with Crippen LogP contribution in [0.25, 0.3) is 0 Å². The summed E-state index contributed by atoms with van der Waals surface area (Å²) in [6.45, 7) is 3.18. The van der Waals surface area contributed by atoms with E-state index < -0.39 is 0 Å². The fourth-order valence-corrected chi connectivity index (χ4v) is 2.14. The zero-order chi connectivity index (χ0) is 10.1. The minimum Gasteiger partial charge on any atom is -0.378 e. The molecule has 0 aromatic heterocycles. The molecule has 2 heterocycles. The van der Waals surface area contributed by atoms with Gasteiger partial charge in [-0.3, -0.25) is 0 Å². The van der Waals surface area contributed by atoms with Crippen molar-refractivity contribution in [3.63, 3.8) is 0 Å². The molecule has 80 valence electrons. The number of ether oxygens (including phenoxy) is 2. The van der Waals surface area contributed by atoms with Crippen LogP contribution in [-0.4, -0.2) is 25.9 Å². The normalized spacial score (nSPS) is 25.7. The molecule has 1 N–H and O–H groups in total. The Bertz CT molecular complexity index is 349. The van der Waals surface area contributed by atoms with Crippen LogP contribution in [0, 0.1) is 0 Å². The number of nitrogens with one attached hydrogen (secondary N) is 1. The standard InChI is InChI=1S/C12H15NO2/c1-2-4-11-9(3-1)5-14-8-12(11)13-10-6-15-7-10/h1-4,10,12-13H,5-8H2. The highest BCUT2D eigenvalue weighted by molar-refractivity contribution is 5.31. The number of hydrogen-bond acceptors (Lipinski definition) is 3. The molecule has 0 saturated carbocycles. The molecule has 1 aromatic carbocycles. The molecule has 15 heavy (non-hydrogen) atoms. The topological polar surface area (TPSA) is 30.5 Å². The zero-order valence-corrected chi connectivity index (χ0v) is 8.61. The van der Waals surface area contributed by atoms with Crippen LogP contribution in [0.3, 0.4) is 0 Å². The van der Waals surface area contributed by atoms with Crippen molar-refractivity contribution in [2.45, 2.75) is 18.7 Å². The van der Waals surface area contributed by atoms with Crippen molar-refractivity contribution in [1.82, 2.24) is 5.32 Å². The second-order valence-electron chi connectivity index (χ2n) is 4.17. The average molecular weight is 205 g/mol. The largest absolute Gasteiger partial charge is 0.378 e. The first-order valence-electron chi connectivity index (χ1n) is 5.43. The summed E-state index contributed by atoms with van der Waals surface area (Å²) in [7, 11) is 0. The second-order valence-corrected chi connectivity index (χ2v) is 4.17. The monoisotopic (exact) mass is 205 g/mol. The van der Waals surface area contributed by atoms with E-state index in [1.54, 1.807) is 0 Å². The van der Waals surface area contributed by atoms with Gasteiger partial charge in [-0.2, -0.15) is 0 Å². The molecular formula is C12H15NO2. The summed E-state index contributed by atoms with van der Waals surface area (Å²) in [4.78, 5) is 0. The lowest BCUT2D eigenvalue weighted by Crippen LogP contribution is -2.49. The Morgan fingerprint density at radius 3 is 2.73 bits per heavy atom. The summed E-state index contributed by atoms with van der Waals surface area (Å²) in [5, 5.41) is 3.56. The molecule has 3 heteroatoms. The van der Waals surface area contributed by atoms with Crippen molar-refractivity contribution in [3.8, 4) is 0 Å². The van der Waals surface area contributed by atoms with Crippen LogP contribution in [0.5, 0.6) is 0 Å².